The molecule has 0 amide bonds. The van der Waals surface area contributed by atoms with Gasteiger partial charge in [-0.1, -0.05) is 54.6 Å². The van der Waals surface area contributed by atoms with E-state index < -0.39 is 0 Å². The third-order valence-corrected chi connectivity index (χ3v) is 4.82. The molecule has 0 saturated heterocycles. The number of hydrogen-bond donors (Lipinski definition) is 2. The molecule has 0 bridgehead atoms. The zero-order valence-corrected chi connectivity index (χ0v) is 13.5. The summed E-state index contributed by atoms with van der Waals surface area (Å²) in [6.07, 6.45) is 1.28. The average molecular weight is 316 g/mol. The maximum Gasteiger partial charge on any atom is 0.0471 e. The monoisotopic (exact) mass is 316 g/mol. The van der Waals surface area contributed by atoms with Crippen molar-refractivity contribution in [1.82, 2.24) is 0 Å². The van der Waals surface area contributed by atoms with Crippen molar-refractivity contribution in [3.8, 4) is 0 Å². The first-order valence-corrected chi connectivity index (χ1v) is 8.40. The first kappa shape index (κ1) is 15.1. The molecule has 4 aromatic rings. The van der Waals surface area contributed by atoms with Crippen LogP contribution in [0.2, 0.25) is 0 Å². The summed E-state index contributed by atoms with van der Waals surface area (Å²) in [6.45, 7) is 0.272. The fourth-order valence-electron chi connectivity index (χ4n) is 3.76. The first-order valence-electron chi connectivity index (χ1n) is 8.40. The maximum absolute atomic E-state index is 9.50. The van der Waals surface area contributed by atoms with Crippen molar-refractivity contribution in [3.63, 3.8) is 0 Å². The minimum absolute atomic E-state index is 0.135. The van der Waals surface area contributed by atoms with Crippen LogP contribution in [-0.2, 0) is 12.8 Å². The normalized spacial score (nSPS) is 11.6. The summed E-state index contributed by atoms with van der Waals surface area (Å²) >= 11 is 0. The second-order valence-corrected chi connectivity index (χ2v) is 6.20. The van der Waals surface area contributed by atoms with Crippen LogP contribution in [0.1, 0.15) is 11.1 Å². The smallest absolute Gasteiger partial charge is 0.0471 e. The molecule has 0 aliphatic rings. The van der Waals surface area contributed by atoms with Crippen molar-refractivity contribution >= 4 is 32.3 Å². The number of benzene rings is 4. The molecule has 4 aromatic carbocycles. The molecule has 0 unspecified atom stereocenters. The molecule has 4 rings (SSSR count). The van der Waals surface area contributed by atoms with Gasteiger partial charge in [0.15, 0.2) is 0 Å². The summed E-state index contributed by atoms with van der Waals surface area (Å²) in [5, 5.41) is 26.2. The Hall–Kier alpha value is -2.42. The van der Waals surface area contributed by atoms with E-state index in [1.54, 1.807) is 0 Å². The Bertz CT molecular complexity index is 1030. The lowest BCUT2D eigenvalue weighted by Gasteiger charge is -2.15. The molecular weight excluding hydrogens is 296 g/mol. The van der Waals surface area contributed by atoms with Gasteiger partial charge in [0.25, 0.3) is 0 Å². The number of fused-ring (bicyclic) bond motifs is 5. The molecule has 2 N–H and O–H groups in total. The highest BCUT2D eigenvalue weighted by molar-refractivity contribution is 6.19. The van der Waals surface area contributed by atoms with Crippen LogP contribution >= 0.6 is 0 Å². The van der Waals surface area contributed by atoms with Crippen molar-refractivity contribution in [2.75, 3.05) is 13.2 Å². The highest BCUT2D eigenvalue weighted by Gasteiger charge is 2.12. The van der Waals surface area contributed by atoms with Crippen LogP contribution in [-0.4, -0.2) is 23.4 Å². The van der Waals surface area contributed by atoms with E-state index in [-0.39, 0.29) is 13.2 Å². The largest absolute Gasteiger partial charge is 0.396 e. The van der Waals surface area contributed by atoms with E-state index in [0.29, 0.717) is 12.8 Å². The molecule has 0 aliphatic heterocycles. The van der Waals surface area contributed by atoms with E-state index >= 15 is 0 Å². The molecule has 2 heteroatoms. The maximum atomic E-state index is 9.50. The third-order valence-electron chi connectivity index (χ3n) is 4.82. The third kappa shape index (κ3) is 2.35. The van der Waals surface area contributed by atoms with Gasteiger partial charge >= 0.3 is 0 Å². The summed E-state index contributed by atoms with van der Waals surface area (Å²) in [5.41, 5.74) is 2.33. The molecular formula is C22H20O2. The molecule has 24 heavy (non-hydrogen) atoms. The summed E-state index contributed by atoms with van der Waals surface area (Å²) < 4.78 is 0. The predicted octanol–water partition coefficient (Wildman–Crippen LogP) is 4.22. The molecule has 0 radical (unpaired) electrons. The number of hydrogen-bond acceptors (Lipinski definition) is 2. The average Bonchev–Trinajstić information content (AvgIpc) is 2.62. The van der Waals surface area contributed by atoms with E-state index in [2.05, 4.69) is 54.6 Å². The number of aliphatic hydroxyl groups excluding tert-OH is 2. The van der Waals surface area contributed by atoms with Crippen molar-refractivity contribution < 1.29 is 10.2 Å². The molecule has 0 spiro atoms. The summed E-state index contributed by atoms with van der Waals surface area (Å²) in [5.74, 6) is 0. The number of rotatable bonds is 4. The van der Waals surface area contributed by atoms with Crippen molar-refractivity contribution in [2.45, 2.75) is 12.8 Å². The van der Waals surface area contributed by atoms with Gasteiger partial charge in [-0.15, -0.1) is 0 Å². The van der Waals surface area contributed by atoms with Gasteiger partial charge in [0.2, 0.25) is 0 Å². The van der Waals surface area contributed by atoms with Crippen LogP contribution < -0.4 is 0 Å². The Morgan fingerprint density at radius 3 is 2.17 bits per heavy atom. The van der Waals surface area contributed by atoms with Crippen LogP contribution in [0.4, 0.5) is 0 Å². The van der Waals surface area contributed by atoms with Gasteiger partial charge in [-0.2, -0.15) is 0 Å². The molecule has 0 atom stereocenters. The van der Waals surface area contributed by atoms with Gasteiger partial charge in [-0.25, -0.2) is 0 Å². The second kappa shape index (κ2) is 6.23. The van der Waals surface area contributed by atoms with E-state index in [1.165, 1.54) is 32.3 Å². The van der Waals surface area contributed by atoms with Gasteiger partial charge in [-0.3, -0.25) is 0 Å². The fraction of sp³-hybridized carbons (Fsp3) is 0.182. The molecule has 0 heterocycles. The van der Waals surface area contributed by atoms with Gasteiger partial charge in [0.05, 0.1) is 0 Å². The summed E-state index contributed by atoms with van der Waals surface area (Å²) in [6, 6.07) is 21.2. The minimum Gasteiger partial charge on any atom is -0.396 e. The molecule has 120 valence electrons. The molecule has 2 nitrogen and oxygen atoms in total. The van der Waals surface area contributed by atoms with E-state index in [1.807, 2.05) is 6.07 Å². The number of aliphatic hydroxyl groups is 2. The van der Waals surface area contributed by atoms with Crippen LogP contribution in [0.15, 0.2) is 60.7 Å². The minimum atomic E-state index is 0.135. The topological polar surface area (TPSA) is 40.5 Å². The quantitative estimate of drug-likeness (QED) is 0.554. The Kier molecular flexibility index (Phi) is 3.93. The lowest BCUT2D eigenvalue weighted by atomic mass is 9.90. The Morgan fingerprint density at radius 1 is 0.583 bits per heavy atom. The fourth-order valence-corrected chi connectivity index (χ4v) is 3.76. The molecule has 0 saturated carbocycles. The van der Waals surface area contributed by atoms with Crippen LogP contribution in [0.5, 0.6) is 0 Å². The summed E-state index contributed by atoms with van der Waals surface area (Å²) in [4.78, 5) is 0. The van der Waals surface area contributed by atoms with E-state index in [9.17, 15) is 10.2 Å². The second-order valence-electron chi connectivity index (χ2n) is 6.20. The Balaban J connectivity index is 2.21. The zero-order chi connectivity index (χ0) is 16.5. The lowest BCUT2D eigenvalue weighted by Crippen LogP contribution is -1.97. The Morgan fingerprint density at radius 2 is 1.33 bits per heavy atom. The van der Waals surface area contributed by atoms with Crippen molar-refractivity contribution in [3.05, 3.63) is 71.8 Å². The van der Waals surface area contributed by atoms with Gasteiger partial charge in [-0.05, 0) is 62.4 Å². The van der Waals surface area contributed by atoms with Crippen molar-refractivity contribution in [2.24, 2.45) is 0 Å². The SMILES string of the molecule is OCCc1cc2c3ccccc3ccc2c2c(CCO)cccc12. The van der Waals surface area contributed by atoms with Crippen LogP contribution in [0.3, 0.4) is 0 Å². The van der Waals surface area contributed by atoms with Crippen LogP contribution in [0.25, 0.3) is 32.3 Å². The van der Waals surface area contributed by atoms with Crippen LogP contribution in [0, 0.1) is 0 Å². The van der Waals surface area contributed by atoms with E-state index in [0.717, 1.165) is 11.1 Å². The highest BCUT2D eigenvalue weighted by Crippen LogP contribution is 2.35. The highest BCUT2D eigenvalue weighted by atomic mass is 16.3. The zero-order valence-electron chi connectivity index (χ0n) is 13.5. The van der Waals surface area contributed by atoms with Crippen molar-refractivity contribution in [1.29, 1.82) is 0 Å². The Labute approximate surface area is 141 Å². The van der Waals surface area contributed by atoms with Gasteiger partial charge < -0.3 is 10.2 Å². The van der Waals surface area contributed by atoms with E-state index in [4.69, 9.17) is 0 Å². The summed E-state index contributed by atoms with van der Waals surface area (Å²) in [7, 11) is 0. The lowest BCUT2D eigenvalue weighted by molar-refractivity contribution is 0.299. The molecule has 0 aromatic heterocycles. The first-order chi connectivity index (χ1) is 11.8. The molecule has 0 fully saturated rings. The molecule has 0 aliphatic carbocycles. The van der Waals surface area contributed by atoms with Gasteiger partial charge in [0, 0.05) is 13.2 Å². The standard InChI is InChI=1S/C22H20O2/c23-12-10-16-5-3-7-19-17(11-13-24)14-21-18-6-2-1-4-15(18)8-9-20(21)22(16)19/h1-9,14,23-24H,10-13H2. The van der Waals surface area contributed by atoms with Gasteiger partial charge in [0.1, 0.15) is 0 Å². The predicted molar refractivity (Wildman–Crippen MR) is 101 cm³/mol.